The van der Waals surface area contributed by atoms with Gasteiger partial charge >= 0.3 is 0 Å². The summed E-state index contributed by atoms with van der Waals surface area (Å²) in [5.74, 6) is 1.45. The maximum atomic E-state index is 12.3. The number of nitrogens with zero attached hydrogens (tertiary/aromatic N) is 2. The van der Waals surface area contributed by atoms with Crippen molar-refractivity contribution in [2.75, 3.05) is 11.9 Å². The Morgan fingerprint density at radius 1 is 1.22 bits per heavy atom. The van der Waals surface area contributed by atoms with E-state index in [1.54, 1.807) is 12.1 Å². The first-order valence-electron chi connectivity index (χ1n) is 7.80. The normalized spacial score (nSPS) is 11.0. The highest BCUT2D eigenvalue weighted by molar-refractivity contribution is 7.15. The lowest BCUT2D eigenvalue weighted by molar-refractivity contribution is 0.102. The van der Waals surface area contributed by atoms with Gasteiger partial charge in [0.1, 0.15) is 10.8 Å². The van der Waals surface area contributed by atoms with Crippen LogP contribution in [0, 0.1) is 11.8 Å². The molecule has 6 heteroatoms. The minimum atomic E-state index is -0.202. The van der Waals surface area contributed by atoms with E-state index in [1.165, 1.54) is 11.3 Å². The summed E-state index contributed by atoms with van der Waals surface area (Å²) in [6.07, 6.45) is 0.867. The molecule has 0 fully saturated rings. The number of carbonyl (C=O) groups excluding carboxylic acids is 1. The lowest BCUT2D eigenvalue weighted by atomic mass is 10.1. The van der Waals surface area contributed by atoms with Crippen LogP contribution in [0.1, 0.15) is 43.1 Å². The van der Waals surface area contributed by atoms with Crippen LogP contribution in [-0.2, 0) is 6.42 Å². The molecule has 0 radical (unpaired) electrons. The number of benzene rings is 1. The van der Waals surface area contributed by atoms with Crippen molar-refractivity contribution < 1.29 is 9.53 Å². The van der Waals surface area contributed by atoms with Gasteiger partial charge in [-0.25, -0.2) is 0 Å². The van der Waals surface area contributed by atoms with E-state index in [4.69, 9.17) is 4.74 Å². The number of amides is 1. The zero-order valence-corrected chi connectivity index (χ0v) is 14.8. The molecule has 0 saturated heterocycles. The summed E-state index contributed by atoms with van der Waals surface area (Å²) in [5.41, 5.74) is 0.548. The van der Waals surface area contributed by atoms with E-state index in [2.05, 4.69) is 43.2 Å². The first-order chi connectivity index (χ1) is 10.9. The molecule has 5 nitrogen and oxygen atoms in total. The smallest absolute Gasteiger partial charge is 0.257 e. The van der Waals surface area contributed by atoms with E-state index in [1.807, 2.05) is 12.1 Å². The van der Waals surface area contributed by atoms with Crippen LogP contribution in [-0.4, -0.2) is 22.7 Å². The number of nitrogens with one attached hydrogen (secondary N) is 1. The number of hydrogen-bond donors (Lipinski definition) is 1. The Labute approximate surface area is 141 Å². The maximum absolute atomic E-state index is 12.3. The zero-order valence-electron chi connectivity index (χ0n) is 14.0. The Hall–Kier alpha value is -1.95. The molecule has 1 aromatic carbocycles. The largest absolute Gasteiger partial charge is 0.493 e. The third-order valence-corrected chi connectivity index (χ3v) is 3.81. The summed E-state index contributed by atoms with van der Waals surface area (Å²) in [7, 11) is 0. The molecule has 0 bridgehead atoms. The predicted molar refractivity (Wildman–Crippen MR) is 93.2 cm³/mol. The molecule has 1 heterocycles. The van der Waals surface area contributed by atoms with E-state index >= 15 is 0 Å². The molecule has 0 aliphatic rings. The number of rotatable bonds is 7. The van der Waals surface area contributed by atoms with Crippen LogP contribution in [0.2, 0.25) is 0 Å². The molecule has 1 aromatic heterocycles. The molecule has 0 aliphatic carbocycles. The molecule has 23 heavy (non-hydrogen) atoms. The van der Waals surface area contributed by atoms with Gasteiger partial charge in [-0.15, -0.1) is 10.2 Å². The molecule has 1 N–H and O–H groups in total. The third kappa shape index (κ3) is 5.63. The monoisotopic (exact) mass is 333 g/mol. The van der Waals surface area contributed by atoms with Crippen LogP contribution in [0.3, 0.4) is 0 Å². The molecule has 0 saturated carbocycles. The molecule has 1 amide bonds. The maximum Gasteiger partial charge on any atom is 0.257 e. The third-order valence-electron chi connectivity index (χ3n) is 2.95. The molecular weight excluding hydrogens is 310 g/mol. The first kappa shape index (κ1) is 17.4. The first-order valence-corrected chi connectivity index (χ1v) is 8.62. The van der Waals surface area contributed by atoms with Gasteiger partial charge in [0.15, 0.2) is 0 Å². The lowest BCUT2D eigenvalue weighted by Gasteiger charge is -2.09. The standard InChI is InChI=1S/C17H23N3O2S/c1-11(2)8-15-19-20-17(23-15)18-16(21)13-6-5-7-14(9-13)22-10-12(3)4/h5-7,9,11-12H,8,10H2,1-4H3,(H,18,20,21). The van der Waals surface area contributed by atoms with Gasteiger partial charge in [0.05, 0.1) is 6.61 Å². The number of ether oxygens (including phenoxy) is 1. The SMILES string of the molecule is CC(C)COc1cccc(C(=O)Nc2nnc(CC(C)C)s2)c1. The van der Waals surface area contributed by atoms with Gasteiger partial charge < -0.3 is 4.74 Å². The van der Waals surface area contributed by atoms with Crippen molar-refractivity contribution in [3.8, 4) is 5.75 Å². The van der Waals surface area contributed by atoms with Crippen LogP contribution in [0.15, 0.2) is 24.3 Å². The van der Waals surface area contributed by atoms with Crippen molar-refractivity contribution in [3.05, 3.63) is 34.8 Å². The number of aromatic nitrogens is 2. The van der Waals surface area contributed by atoms with Crippen LogP contribution in [0.4, 0.5) is 5.13 Å². The minimum Gasteiger partial charge on any atom is -0.493 e. The van der Waals surface area contributed by atoms with Gasteiger partial charge in [-0.05, 0) is 30.0 Å². The topological polar surface area (TPSA) is 64.1 Å². The van der Waals surface area contributed by atoms with E-state index in [0.717, 1.165) is 11.4 Å². The minimum absolute atomic E-state index is 0.202. The predicted octanol–water partition coefficient (Wildman–Crippen LogP) is 4.02. The van der Waals surface area contributed by atoms with Gasteiger partial charge in [-0.3, -0.25) is 10.1 Å². The second-order valence-electron chi connectivity index (χ2n) is 6.29. The van der Waals surface area contributed by atoms with Crippen molar-refractivity contribution in [3.63, 3.8) is 0 Å². The summed E-state index contributed by atoms with van der Waals surface area (Å²) >= 11 is 1.42. The van der Waals surface area contributed by atoms with Gasteiger partial charge in [0, 0.05) is 12.0 Å². The molecule has 0 unspecified atom stereocenters. The van der Waals surface area contributed by atoms with E-state index in [9.17, 15) is 4.79 Å². The lowest BCUT2D eigenvalue weighted by Crippen LogP contribution is -2.12. The summed E-state index contributed by atoms with van der Waals surface area (Å²) in [6.45, 7) is 9.05. The quantitative estimate of drug-likeness (QED) is 0.831. The fourth-order valence-electron chi connectivity index (χ4n) is 1.90. The summed E-state index contributed by atoms with van der Waals surface area (Å²) in [6, 6.07) is 7.17. The van der Waals surface area contributed by atoms with Crippen LogP contribution in [0.25, 0.3) is 0 Å². The van der Waals surface area contributed by atoms with Crippen LogP contribution in [0.5, 0.6) is 5.75 Å². The summed E-state index contributed by atoms with van der Waals surface area (Å²) in [5, 5.41) is 12.4. The van der Waals surface area contributed by atoms with Crippen molar-refractivity contribution >= 4 is 22.4 Å². The fourth-order valence-corrected chi connectivity index (χ4v) is 2.84. The molecule has 0 aliphatic heterocycles. The molecule has 2 aromatic rings. The highest BCUT2D eigenvalue weighted by Crippen LogP contribution is 2.20. The molecule has 124 valence electrons. The van der Waals surface area contributed by atoms with Crippen molar-refractivity contribution in [1.29, 1.82) is 0 Å². The van der Waals surface area contributed by atoms with Crippen molar-refractivity contribution in [2.45, 2.75) is 34.1 Å². The Kier molecular flexibility index (Phi) is 6.10. The number of carbonyl (C=O) groups is 1. The molecular formula is C17H23N3O2S. The highest BCUT2D eigenvalue weighted by Gasteiger charge is 2.12. The average Bonchev–Trinajstić information content (AvgIpc) is 2.91. The molecule has 0 atom stereocenters. The van der Waals surface area contributed by atoms with Crippen molar-refractivity contribution in [1.82, 2.24) is 10.2 Å². The van der Waals surface area contributed by atoms with Gasteiger partial charge in [-0.1, -0.05) is 45.1 Å². The zero-order chi connectivity index (χ0) is 16.8. The van der Waals surface area contributed by atoms with Crippen LogP contribution < -0.4 is 10.1 Å². The number of hydrogen-bond acceptors (Lipinski definition) is 5. The second kappa shape index (κ2) is 8.06. The molecule has 0 spiro atoms. The van der Waals surface area contributed by atoms with Crippen LogP contribution >= 0.6 is 11.3 Å². The number of anilines is 1. The van der Waals surface area contributed by atoms with E-state index in [-0.39, 0.29) is 5.91 Å². The fraction of sp³-hybridized carbons (Fsp3) is 0.471. The Balaban J connectivity index is 2.00. The Morgan fingerprint density at radius 3 is 2.70 bits per heavy atom. The highest BCUT2D eigenvalue weighted by atomic mass is 32.1. The summed E-state index contributed by atoms with van der Waals surface area (Å²) in [4.78, 5) is 12.3. The van der Waals surface area contributed by atoms with E-state index in [0.29, 0.717) is 34.9 Å². The second-order valence-corrected chi connectivity index (χ2v) is 7.35. The molecule has 2 rings (SSSR count). The van der Waals surface area contributed by atoms with Crippen molar-refractivity contribution in [2.24, 2.45) is 11.8 Å². The summed E-state index contributed by atoms with van der Waals surface area (Å²) < 4.78 is 5.65. The van der Waals surface area contributed by atoms with E-state index < -0.39 is 0 Å². The van der Waals surface area contributed by atoms with Gasteiger partial charge in [0.25, 0.3) is 5.91 Å². The van der Waals surface area contributed by atoms with Gasteiger partial charge in [-0.2, -0.15) is 0 Å². The van der Waals surface area contributed by atoms with Gasteiger partial charge in [0.2, 0.25) is 5.13 Å². The average molecular weight is 333 g/mol. The Bertz CT molecular complexity index is 653. The Morgan fingerprint density at radius 2 is 2.00 bits per heavy atom.